The SMILES string of the molecule is C[C@@H]1CCCCO[C@@H](CN(C)S(C)(=O)=O)[C@H](C)CN([C@H](C)CO)C(=O)c2cc(NC(=O)Nc3ccccc3)ccc2O1. The predicted molar refractivity (Wildman–Crippen MR) is 163 cm³/mol. The highest BCUT2D eigenvalue weighted by molar-refractivity contribution is 7.88. The van der Waals surface area contributed by atoms with Crippen molar-refractivity contribution in [2.24, 2.45) is 5.92 Å². The Morgan fingerprint density at radius 1 is 1.12 bits per heavy atom. The standard InChI is InChI=1S/C30H44N4O7S/c1-21-18-34(22(2)20-35)29(36)26-17-25(32-30(37)31-24-12-7-6-8-13-24)14-15-27(26)41-23(3)11-9-10-16-40-28(21)19-33(4)42(5,38)39/h6-8,12-15,17,21-23,28,35H,9-11,16,18-20H2,1-5H3,(H2,31,32,37)/t21-,22-,23-,28+/m1/s1. The molecule has 3 amide bonds. The zero-order valence-electron chi connectivity index (χ0n) is 25.1. The zero-order valence-corrected chi connectivity index (χ0v) is 25.9. The fraction of sp³-hybridized carbons (Fsp3) is 0.533. The Hall–Kier alpha value is -3.19. The van der Waals surface area contributed by atoms with Crippen LogP contribution in [0.1, 0.15) is 50.4 Å². The average molecular weight is 605 g/mol. The fourth-order valence-corrected chi connectivity index (χ4v) is 5.08. The van der Waals surface area contributed by atoms with Gasteiger partial charge in [0.15, 0.2) is 0 Å². The first kappa shape index (κ1) is 33.3. The van der Waals surface area contributed by atoms with E-state index in [2.05, 4.69) is 10.6 Å². The van der Waals surface area contributed by atoms with E-state index in [9.17, 15) is 23.1 Å². The number of aliphatic hydroxyl groups excluding tert-OH is 1. The smallest absolute Gasteiger partial charge is 0.323 e. The van der Waals surface area contributed by atoms with Crippen molar-refractivity contribution in [3.63, 3.8) is 0 Å². The second kappa shape index (κ2) is 15.3. The first-order chi connectivity index (χ1) is 19.9. The number of rotatable bonds is 7. The predicted octanol–water partition coefficient (Wildman–Crippen LogP) is 4.02. The van der Waals surface area contributed by atoms with Crippen LogP contribution in [0.25, 0.3) is 0 Å². The Bertz CT molecular complexity index is 1290. The van der Waals surface area contributed by atoms with Gasteiger partial charge in [0.25, 0.3) is 5.91 Å². The molecule has 4 atom stereocenters. The van der Waals surface area contributed by atoms with Crippen LogP contribution in [0.3, 0.4) is 0 Å². The number of hydrogen-bond donors (Lipinski definition) is 3. The molecule has 0 radical (unpaired) electrons. The Kier molecular flexibility index (Phi) is 12.2. The number of fused-ring (bicyclic) bond motifs is 1. The van der Waals surface area contributed by atoms with Crippen molar-refractivity contribution in [2.75, 3.05) is 50.2 Å². The molecular weight excluding hydrogens is 560 g/mol. The maximum absolute atomic E-state index is 14.1. The van der Waals surface area contributed by atoms with Crippen molar-refractivity contribution >= 4 is 33.3 Å². The number of carbonyl (C=O) groups excluding carboxylic acids is 2. The number of para-hydroxylation sites is 1. The Morgan fingerprint density at radius 3 is 2.48 bits per heavy atom. The third kappa shape index (κ3) is 9.69. The summed E-state index contributed by atoms with van der Waals surface area (Å²) in [5.74, 6) is -0.271. The van der Waals surface area contributed by atoms with Gasteiger partial charge < -0.3 is 30.1 Å². The van der Waals surface area contributed by atoms with Crippen molar-refractivity contribution in [3.05, 3.63) is 54.1 Å². The highest BCUT2D eigenvalue weighted by atomic mass is 32.2. The van der Waals surface area contributed by atoms with Crippen molar-refractivity contribution in [1.82, 2.24) is 9.21 Å². The molecule has 0 unspecified atom stereocenters. The lowest BCUT2D eigenvalue weighted by atomic mass is 10.0. The minimum atomic E-state index is -3.44. The van der Waals surface area contributed by atoms with Crippen LogP contribution in [0.5, 0.6) is 5.75 Å². The lowest BCUT2D eigenvalue weighted by molar-refractivity contribution is -0.00828. The molecular formula is C30H44N4O7S. The van der Waals surface area contributed by atoms with Crippen LogP contribution < -0.4 is 15.4 Å². The van der Waals surface area contributed by atoms with Gasteiger partial charge >= 0.3 is 6.03 Å². The van der Waals surface area contributed by atoms with Gasteiger partial charge in [-0.3, -0.25) is 4.79 Å². The first-order valence-electron chi connectivity index (χ1n) is 14.3. The van der Waals surface area contributed by atoms with Gasteiger partial charge in [-0.15, -0.1) is 0 Å². The summed E-state index contributed by atoms with van der Waals surface area (Å²) < 4.78 is 37.9. The van der Waals surface area contributed by atoms with Crippen LogP contribution in [-0.4, -0.2) is 92.5 Å². The Morgan fingerprint density at radius 2 is 1.81 bits per heavy atom. The summed E-state index contributed by atoms with van der Waals surface area (Å²) in [6.07, 6.45) is 2.78. The molecule has 0 spiro atoms. The molecule has 11 nitrogen and oxygen atoms in total. The Balaban J connectivity index is 1.95. The fourth-order valence-electron chi connectivity index (χ4n) is 4.67. The van der Waals surface area contributed by atoms with Gasteiger partial charge in [0, 0.05) is 44.0 Å². The number of anilines is 2. The summed E-state index contributed by atoms with van der Waals surface area (Å²) in [5, 5.41) is 15.6. The summed E-state index contributed by atoms with van der Waals surface area (Å²) in [7, 11) is -1.93. The Labute approximate surface area is 249 Å². The molecule has 0 bridgehead atoms. The highest BCUT2D eigenvalue weighted by Crippen LogP contribution is 2.28. The van der Waals surface area contributed by atoms with Gasteiger partial charge in [0.2, 0.25) is 10.0 Å². The number of nitrogens with zero attached hydrogens (tertiary/aromatic N) is 2. The normalized spacial score (nSPS) is 21.5. The third-order valence-corrected chi connectivity index (χ3v) is 8.63. The number of ether oxygens (including phenoxy) is 2. The van der Waals surface area contributed by atoms with Crippen molar-refractivity contribution in [2.45, 2.75) is 58.3 Å². The molecule has 2 aromatic rings. The maximum Gasteiger partial charge on any atom is 0.323 e. The zero-order chi connectivity index (χ0) is 30.9. The van der Waals surface area contributed by atoms with Crippen LogP contribution in [0.4, 0.5) is 16.2 Å². The summed E-state index contributed by atoms with van der Waals surface area (Å²) in [6.45, 7) is 6.07. The summed E-state index contributed by atoms with van der Waals surface area (Å²) in [4.78, 5) is 28.4. The molecule has 12 heteroatoms. The van der Waals surface area contributed by atoms with Gasteiger partial charge in [-0.2, -0.15) is 0 Å². The van der Waals surface area contributed by atoms with E-state index in [1.807, 2.05) is 32.0 Å². The van der Waals surface area contributed by atoms with Crippen molar-refractivity contribution < 1.29 is 32.6 Å². The second-order valence-corrected chi connectivity index (χ2v) is 13.1. The van der Waals surface area contributed by atoms with Gasteiger partial charge in [-0.05, 0) is 63.4 Å². The number of aliphatic hydroxyl groups is 1. The minimum absolute atomic E-state index is 0.135. The summed E-state index contributed by atoms with van der Waals surface area (Å²) >= 11 is 0. The lowest BCUT2D eigenvalue weighted by Gasteiger charge is -2.35. The molecule has 232 valence electrons. The van der Waals surface area contributed by atoms with Crippen LogP contribution in [-0.2, 0) is 14.8 Å². The van der Waals surface area contributed by atoms with Gasteiger partial charge in [0.05, 0.1) is 36.7 Å². The average Bonchev–Trinajstić information content (AvgIpc) is 2.94. The molecule has 0 saturated carbocycles. The lowest BCUT2D eigenvalue weighted by Crippen LogP contribution is -2.47. The molecule has 42 heavy (non-hydrogen) atoms. The monoisotopic (exact) mass is 604 g/mol. The number of likely N-dealkylation sites (N-methyl/N-ethyl adjacent to an activating group) is 1. The van der Waals surface area contributed by atoms with Crippen molar-refractivity contribution in [3.8, 4) is 5.75 Å². The summed E-state index contributed by atoms with van der Waals surface area (Å²) in [5.41, 5.74) is 1.26. The van der Waals surface area contributed by atoms with Gasteiger partial charge in [0.1, 0.15) is 5.75 Å². The molecule has 0 fully saturated rings. The van der Waals surface area contributed by atoms with Crippen LogP contribution >= 0.6 is 0 Å². The number of amides is 3. The van der Waals surface area contributed by atoms with E-state index < -0.39 is 28.2 Å². The van der Waals surface area contributed by atoms with E-state index in [-0.39, 0.29) is 43.2 Å². The molecule has 3 rings (SSSR count). The van der Waals surface area contributed by atoms with E-state index in [0.717, 1.165) is 25.5 Å². The molecule has 1 aliphatic rings. The third-order valence-electron chi connectivity index (χ3n) is 7.34. The molecule has 3 N–H and O–H groups in total. The largest absolute Gasteiger partial charge is 0.490 e. The number of hydrogen-bond acceptors (Lipinski definition) is 7. The highest BCUT2D eigenvalue weighted by Gasteiger charge is 2.31. The number of urea groups is 1. The molecule has 0 aliphatic carbocycles. The van der Waals surface area contributed by atoms with E-state index in [0.29, 0.717) is 23.7 Å². The molecule has 0 saturated heterocycles. The number of carbonyl (C=O) groups is 2. The summed E-state index contributed by atoms with van der Waals surface area (Å²) in [6, 6.07) is 12.9. The van der Waals surface area contributed by atoms with Gasteiger partial charge in [-0.1, -0.05) is 25.1 Å². The van der Waals surface area contributed by atoms with Crippen LogP contribution in [0.2, 0.25) is 0 Å². The molecule has 0 aromatic heterocycles. The molecule has 2 aromatic carbocycles. The topological polar surface area (TPSA) is 138 Å². The van der Waals surface area contributed by atoms with Crippen LogP contribution in [0, 0.1) is 5.92 Å². The van der Waals surface area contributed by atoms with E-state index >= 15 is 0 Å². The second-order valence-electron chi connectivity index (χ2n) is 11.0. The van der Waals surface area contributed by atoms with Gasteiger partial charge in [-0.25, -0.2) is 17.5 Å². The van der Waals surface area contributed by atoms with Crippen LogP contribution in [0.15, 0.2) is 48.5 Å². The number of sulfonamides is 1. The molecule has 1 heterocycles. The first-order valence-corrected chi connectivity index (χ1v) is 16.1. The quantitative estimate of drug-likeness (QED) is 0.434. The number of benzene rings is 2. The van der Waals surface area contributed by atoms with E-state index in [1.54, 1.807) is 42.2 Å². The maximum atomic E-state index is 14.1. The van der Waals surface area contributed by atoms with E-state index in [4.69, 9.17) is 9.47 Å². The molecule has 1 aliphatic heterocycles. The van der Waals surface area contributed by atoms with E-state index in [1.165, 1.54) is 11.4 Å². The number of nitrogens with one attached hydrogen (secondary N) is 2. The minimum Gasteiger partial charge on any atom is -0.490 e. The van der Waals surface area contributed by atoms with Crippen molar-refractivity contribution in [1.29, 1.82) is 0 Å².